The van der Waals surface area contributed by atoms with Crippen LogP contribution in [0.15, 0.2) is 52.3 Å². The zero-order chi connectivity index (χ0) is 17.1. The molecule has 0 aliphatic rings. The number of amides is 1. The molecule has 0 unspecified atom stereocenters. The number of rotatable bonds is 4. The van der Waals surface area contributed by atoms with Crippen LogP contribution in [0.5, 0.6) is 0 Å². The van der Waals surface area contributed by atoms with E-state index in [0.717, 1.165) is 26.2 Å². The molecule has 1 amide bonds. The Morgan fingerprint density at radius 1 is 1.29 bits per heavy atom. The molecule has 0 atom stereocenters. The molecule has 6 heteroatoms. The Bertz CT molecular complexity index is 880. The number of halogens is 1. The normalized spacial score (nSPS) is 11.1. The Labute approximate surface area is 153 Å². The number of nitrogens with zero attached hydrogens (tertiary/aromatic N) is 2. The highest BCUT2D eigenvalue weighted by molar-refractivity contribution is 9.10. The quantitative estimate of drug-likeness (QED) is 0.633. The molecule has 3 aromatic rings. The molecule has 0 saturated carbocycles. The van der Waals surface area contributed by atoms with Crippen molar-refractivity contribution in [1.29, 1.82) is 0 Å². The Balaban J connectivity index is 1.88. The average molecular weight is 402 g/mol. The summed E-state index contributed by atoms with van der Waals surface area (Å²) in [6, 6.07) is 11.9. The van der Waals surface area contributed by atoms with Crippen molar-refractivity contribution in [3.8, 4) is 11.1 Å². The van der Waals surface area contributed by atoms with Gasteiger partial charge >= 0.3 is 0 Å². The van der Waals surface area contributed by atoms with Crippen molar-refractivity contribution in [2.45, 2.75) is 6.92 Å². The summed E-state index contributed by atoms with van der Waals surface area (Å²) < 4.78 is 2.71. The molecule has 1 N–H and O–H groups in total. The molecule has 3 rings (SSSR count). The van der Waals surface area contributed by atoms with Crippen molar-refractivity contribution < 1.29 is 4.79 Å². The number of anilines is 1. The van der Waals surface area contributed by atoms with E-state index in [4.69, 9.17) is 0 Å². The zero-order valence-corrected chi connectivity index (χ0v) is 15.7. The molecule has 4 nitrogen and oxygen atoms in total. The van der Waals surface area contributed by atoms with Crippen LogP contribution < -0.4 is 5.32 Å². The fraction of sp³-hybridized carbons (Fsp3) is 0.111. The lowest BCUT2D eigenvalue weighted by atomic mass is 10.1. The van der Waals surface area contributed by atoms with Gasteiger partial charge in [0.2, 0.25) is 5.91 Å². The first-order valence-electron chi connectivity index (χ1n) is 7.36. The maximum atomic E-state index is 12.3. The maximum Gasteiger partial charge on any atom is 0.249 e. The van der Waals surface area contributed by atoms with Gasteiger partial charge in [-0.25, -0.2) is 0 Å². The van der Waals surface area contributed by atoms with Gasteiger partial charge in [0.1, 0.15) is 5.82 Å². The molecular formula is C18H16BrN3OS. The molecule has 1 aromatic carbocycles. The summed E-state index contributed by atoms with van der Waals surface area (Å²) in [4.78, 5) is 13.3. The number of aryl methyl sites for hydroxylation is 2. The van der Waals surface area contributed by atoms with Crippen molar-refractivity contribution in [2.24, 2.45) is 7.05 Å². The summed E-state index contributed by atoms with van der Waals surface area (Å²) in [5, 5.41) is 9.36. The van der Waals surface area contributed by atoms with Crippen LogP contribution >= 0.6 is 27.3 Å². The van der Waals surface area contributed by atoms with Crippen LogP contribution in [0.4, 0.5) is 5.82 Å². The van der Waals surface area contributed by atoms with E-state index in [1.165, 1.54) is 0 Å². The monoisotopic (exact) mass is 401 g/mol. The summed E-state index contributed by atoms with van der Waals surface area (Å²) in [7, 11) is 1.83. The van der Waals surface area contributed by atoms with Crippen LogP contribution in [0.1, 0.15) is 10.6 Å². The number of thiophene rings is 1. The third kappa shape index (κ3) is 3.66. The van der Waals surface area contributed by atoms with E-state index in [0.29, 0.717) is 5.82 Å². The van der Waals surface area contributed by atoms with Crippen LogP contribution in [-0.4, -0.2) is 15.7 Å². The fourth-order valence-electron chi connectivity index (χ4n) is 2.47. The van der Waals surface area contributed by atoms with Crippen molar-refractivity contribution >= 4 is 45.1 Å². The zero-order valence-electron chi connectivity index (χ0n) is 13.3. The fourth-order valence-corrected chi connectivity index (χ4v) is 3.35. The smallest absolute Gasteiger partial charge is 0.249 e. The first-order valence-corrected chi connectivity index (χ1v) is 9.04. The topological polar surface area (TPSA) is 46.9 Å². The second kappa shape index (κ2) is 7.15. The lowest BCUT2D eigenvalue weighted by Crippen LogP contribution is -2.12. The summed E-state index contributed by atoms with van der Waals surface area (Å²) in [5.41, 5.74) is 2.82. The molecule has 0 bridgehead atoms. The highest BCUT2D eigenvalue weighted by atomic mass is 79.9. The molecular weight excluding hydrogens is 386 g/mol. The van der Waals surface area contributed by atoms with Gasteiger partial charge in [0, 0.05) is 28.0 Å². The lowest BCUT2D eigenvalue weighted by Gasteiger charge is -2.07. The molecule has 0 saturated heterocycles. The summed E-state index contributed by atoms with van der Waals surface area (Å²) in [5.74, 6) is 0.514. The van der Waals surface area contributed by atoms with E-state index in [-0.39, 0.29) is 5.91 Å². The van der Waals surface area contributed by atoms with E-state index in [2.05, 4.69) is 26.3 Å². The van der Waals surface area contributed by atoms with Crippen molar-refractivity contribution in [3.63, 3.8) is 0 Å². The van der Waals surface area contributed by atoms with E-state index in [1.807, 2.05) is 61.8 Å². The third-order valence-corrected chi connectivity index (χ3v) is 4.91. The molecule has 0 spiro atoms. The Morgan fingerprint density at radius 2 is 2.04 bits per heavy atom. The number of aromatic nitrogens is 2. The molecule has 24 heavy (non-hydrogen) atoms. The SMILES string of the molecule is Cc1nn(C)c(NC(=O)/C=C/c2cccs2)c1-c1ccc(Br)cc1. The molecule has 2 heterocycles. The minimum Gasteiger partial charge on any atom is -0.307 e. The van der Waals surface area contributed by atoms with E-state index < -0.39 is 0 Å². The second-order valence-electron chi connectivity index (χ2n) is 5.28. The molecule has 0 radical (unpaired) electrons. The standard InChI is InChI=1S/C18H16BrN3OS/c1-12-17(13-5-7-14(19)8-6-13)18(22(2)21-12)20-16(23)10-9-15-4-3-11-24-15/h3-11H,1-2H3,(H,20,23)/b10-9+. The van der Waals surface area contributed by atoms with Gasteiger partial charge in [-0.15, -0.1) is 11.3 Å². The van der Waals surface area contributed by atoms with Gasteiger partial charge in [0.15, 0.2) is 0 Å². The van der Waals surface area contributed by atoms with Crippen molar-refractivity contribution in [1.82, 2.24) is 9.78 Å². The number of carbonyl (C=O) groups is 1. The number of hydrogen-bond acceptors (Lipinski definition) is 3. The second-order valence-corrected chi connectivity index (χ2v) is 7.17. The Hall–Kier alpha value is -2.18. The molecule has 0 aliphatic carbocycles. The predicted molar refractivity (Wildman–Crippen MR) is 103 cm³/mol. The van der Waals surface area contributed by atoms with Crippen LogP contribution in [0.25, 0.3) is 17.2 Å². The number of carbonyl (C=O) groups excluding carboxylic acids is 1. The largest absolute Gasteiger partial charge is 0.307 e. The minimum absolute atomic E-state index is 0.176. The van der Waals surface area contributed by atoms with Gasteiger partial charge < -0.3 is 5.32 Å². The van der Waals surface area contributed by atoms with Crippen LogP contribution in [-0.2, 0) is 11.8 Å². The van der Waals surface area contributed by atoms with Crippen LogP contribution in [0.3, 0.4) is 0 Å². The van der Waals surface area contributed by atoms with Crippen LogP contribution in [0.2, 0.25) is 0 Å². The van der Waals surface area contributed by atoms with Crippen LogP contribution in [0, 0.1) is 6.92 Å². The van der Waals surface area contributed by atoms with Gasteiger partial charge in [-0.05, 0) is 42.1 Å². The molecule has 0 fully saturated rings. The summed E-state index contributed by atoms with van der Waals surface area (Å²) >= 11 is 5.03. The van der Waals surface area contributed by atoms with Gasteiger partial charge in [-0.2, -0.15) is 5.10 Å². The summed E-state index contributed by atoms with van der Waals surface area (Å²) in [6.45, 7) is 1.94. The van der Waals surface area contributed by atoms with Crippen molar-refractivity contribution in [2.75, 3.05) is 5.32 Å². The number of hydrogen-bond donors (Lipinski definition) is 1. The van der Waals surface area contributed by atoms with Gasteiger partial charge in [-0.1, -0.05) is 34.1 Å². The minimum atomic E-state index is -0.176. The molecule has 0 aliphatic heterocycles. The lowest BCUT2D eigenvalue weighted by molar-refractivity contribution is -0.111. The highest BCUT2D eigenvalue weighted by Gasteiger charge is 2.16. The van der Waals surface area contributed by atoms with Crippen molar-refractivity contribution in [3.05, 3.63) is 62.9 Å². The maximum absolute atomic E-state index is 12.3. The van der Waals surface area contributed by atoms with E-state index in [1.54, 1.807) is 22.1 Å². The Morgan fingerprint density at radius 3 is 2.71 bits per heavy atom. The van der Waals surface area contributed by atoms with Gasteiger partial charge in [0.05, 0.1) is 5.69 Å². The Kier molecular flexibility index (Phi) is 4.97. The number of nitrogens with one attached hydrogen (secondary N) is 1. The first-order chi connectivity index (χ1) is 11.5. The average Bonchev–Trinajstić information content (AvgIpc) is 3.15. The predicted octanol–water partition coefficient (Wildman–Crippen LogP) is 4.87. The summed E-state index contributed by atoms with van der Waals surface area (Å²) in [6.07, 6.45) is 3.35. The van der Waals surface area contributed by atoms with Gasteiger partial charge in [-0.3, -0.25) is 9.48 Å². The van der Waals surface area contributed by atoms with E-state index >= 15 is 0 Å². The van der Waals surface area contributed by atoms with Gasteiger partial charge in [0.25, 0.3) is 0 Å². The first kappa shape index (κ1) is 16.7. The highest BCUT2D eigenvalue weighted by Crippen LogP contribution is 2.31. The number of benzene rings is 1. The molecule has 2 aromatic heterocycles. The van der Waals surface area contributed by atoms with E-state index in [9.17, 15) is 4.79 Å². The third-order valence-electron chi connectivity index (χ3n) is 3.54. The molecule has 122 valence electrons.